The molecule has 25 heavy (non-hydrogen) atoms. The monoisotopic (exact) mass is 340 g/mol. The normalized spacial score (nSPS) is 14.3. The fourth-order valence-corrected chi connectivity index (χ4v) is 2.73. The number of para-hydroxylation sites is 2. The standard InChI is InChI=1S/C19H20N2O4/c1-3-17(25-14-10-8-13(24-2)9-11-14)19(23)21-12-18(22)20-15-6-4-5-7-16(15)21/h4-11,17H,3,12H2,1-2H3,(H,20,22)/t17-/m0/s1. The summed E-state index contributed by atoms with van der Waals surface area (Å²) in [5.41, 5.74) is 1.32. The molecular weight excluding hydrogens is 320 g/mol. The summed E-state index contributed by atoms with van der Waals surface area (Å²) in [5.74, 6) is 0.844. The zero-order chi connectivity index (χ0) is 17.8. The van der Waals surface area contributed by atoms with Gasteiger partial charge in [0.15, 0.2) is 6.10 Å². The lowest BCUT2D eigenvalue weighted by Crippen LogP contribution is -2.48. The van der Waals surface area contributed by atoms with Crippen LogP contribution in [-0.2, 0) is 9.59 Å². The van der Waals surface area contributed by atoms with Crippen LogP contribution in [0.2, 0.25) is 0 Å². The fraction of sp³-hybridized carbons (Fsp3) is 0.263. The van der Waals surface area contributed by atoms with E-state index in [1.165, 1.54) is 4.90 Å². The summed E-state index contributed by atoms with van der Waals surface area (Å²) < 4.78 is 11.0. The number of carbonyl (C=O) groups is 2. The smallest absolute Gasteiger partial charge is 0.268 e. The van der Waals surface area contributed by atoms with Gasteiger partial charge in [-0.15, -0.1) is 0 Å². The van der Waals surface area contributed by atoms with Crippen molar-refractivity contribution in [2.75, 3.05) is 23.9 Å². The van der Waals surface area contributed by atoms with Crippen LogP contribution in [0.4, 0.5) is 11.4 Å². The van der Waals surface area contributed by atoms with Crippen LogP contribution in [-0.4, -0.2) is 31.6 Å². The molecule has 130 valence electrons. The van der Waals surface area contributed by atoms with Crippen molar-refractivity contribution in [3.8, 4) is 11.5 Å². The molecule has 1 heterocycles. The van der Waals surface area contributed by atoms with Crippen LogP contribution in [0.1, 0.15) is 13.3 Å². The highest BCUT2D eigenvalue weighted by Crippen LogP contribution is 2.30. The molecular formula is C19H20N2O4. The Morgan fingerprint density at radius 2 is 1.84 bits per heavy atom. The van der Waals surface area contributed by atoms with Crippen molar-refractivity contribution in [1.82, 2.24) is 0 Å². The molecule has 2 aromatic carbocycles. The minimum atomic E-state index is -0.674. The Morgan fingerprint density at radius 1 is 1.16 bits per heavy atom. The molecule has 0 saturated carbocycles. The van der Waals surface area contributed by atoms with E-state index in [-0.39, 0.29) is 18.4 Å². The number of anilines is 2. The highest BCUT2D eigenvalue weighted by Gasteiger charge is 2.31. The highest BCUT2D eigenvalue weighted by molar-refractivity contribution is 6.11. The maximum absolute atomic E-state index is 13.0. The summed E-state index contributed by atoms with van der Waals surface area (Å²) in [6.45, 7) is 1.86. The van der Waals surface area contributed by atoms with E-state index in [0.717, 1.165) is 0 Å². The molecule has 0 saturated heterocycles. The Balaban J connectivity index is 1.81. The zero-order valence-corrected chi connectivity index (χ0v) is 14.2. The van der Waals surface area contributed by atoms with Gasteiger partial charge in [-0.25, -0.2) is 0 Å². The van der Waals surface area contributed by atoms with Crippen LogP contribution in [0.25, 0.3) is 0 Å². The number of nitrogens with zero attached hydrogens (tertiary/aromatic N) is 1. The van der Waals surface area contributed by atoms with Crippen LogP contribution < -0.4 is 19.7 Å². The third-order valence-corrected chi connectivity index (χ3v) is 4.02. The van der Waals surface area contributed by atoms with Crippen LogP contribution in [0.3, 0.4) is 0 Å². The number of rotatable bonds is 5. The van der Waals surface area contributed by atoms with Gasteiger partial charge in [-0.3, -0.25) is 14.5 Å². The minimum absolute atomic E-state index is 0.0156. The molecule has 6 nitrogen and oxygen atoms in total. The third kappa shape index (κ3) is 3.57. The van der Waals surface area contributed by atoms with E-state index >= 15 is 0 Å². The molecule has 1 atom stereocenters. The number of amides is 2. The molecule has 0 fully saturated rings. The van der Waals surface area contributed by atoms with Gasteiger partial charge >= 0.3 is 0 Å². The first-order valence-electron chi connectivity index (χ1n) is 8.13. The topological polar surface area (TPSA) is 67.9 Å². The van der Waals surface area contributed by atoms with E-state index in [2.05, 4.69) is 5.32 Å². The predicted octanol–water partition coefficient (Wildman–Crippen LogP) is 2.84. The molecule has 3 rings (SSSR count). The molecule has 0 spiro atoms. The number of ether oxygens (including phenoxy) is 2. The maximum atomic E-state index is 13.0. The van der Waals surface area contributed by atoms with Gasteiger partial charge in [0.25, 0.3) is 5.91 Å². The van der Waals surface area contributed by atoms with Crippen LogP contribution in [0, 0.1) is 0 Å². The molecule has 1 N–H and O–H groups in total. The lowest BCUT2D eigenvalue weighted by molar-refractivity contribution is -0.127. The number of hydrogen-bond acceptors (Lipinski definition) is 4. The van der Waals surface area contributed by atoms with E-state index in [1.807, 2.05) is 25.1 Å². The molecule has 1 aliphatic rings. The summed E-state index contributed by atoms with van der Waals surface area (Å²) in [4.78, 5) is 26.4. The van der Waals surface area contributed by atoms with Crippen molar-refractivity contribution in [1.29, 1.82) is 0 Å². The maximum Gasteiger partial charge on any atom is 0.268 e. The average molecular weight is 340 g/mol. The second kappa shape index (κ2) is 7.25. The molecule has 0 unspecified atom stereocenters. The van der Waals surface area contributed by atoms with Crippen molar-refractivity contribution in [2.45, 2.75) is 19.4 Å². The van der Waals surface area contributed by atoms with Crippen LogP contribution >= 0.6 is 0 Å². The zero-order valence-electron chi connectivity index (χ0n) is 14.2. The predicted molar refractivity (Wildman–Crippen MR) is 95.1 cm³/mol. The second-order valence-corrected chi connectivity index (χ2v) is 5.68. The number of fused-ring (bicyclic) bond motifs is 1. The Hall–Kier alpha value is -3.02. The Labute approximate surface area is 146 Å². The second-order valence-electron chi connectivity index (χ2n) is 5.68. The van der Waals surface area contributed by atoms with Crippen molar-refractivity contribution in [3.63, 3.8) is 0 Å². The molecule has 0 radical (unpaired) electrons. The average Bonchev–Trinajstić information content (AvgIpc) is 2.65. The molecule has 6 heteroatoms. The Morgan fingerprint density at radius 3 is 2.52 bits per heavy atom. The molecule has 0 aliphatic carbocycles. The first-order valence-corrected chi connectivity index (χ1v) is 8.13. The summed E-state index contributed by atoms with van der Waals surface area (Å²) in [5, 5.41) is 2.78. The van der Waals surface area contributed by atoms with E-state index < -0.39 is 6.10 Å². The van der Waals surface area contributed by atoms with Gasteiger partial charge in [0, 0.05) is 0 Å². The van der Waals surface area contributed by atoms with Gasteiger partial charge in [-0.2, -0.15) is 0 Å². The molecule has 2 aromatic rings. The number of benzene rings is 2. The quantitative estimate of drug-likeness (QED) is 0.909. The van der Waals surface area contributed by atoms with Gasteiger partial charge in [0.1, 0.15) is 18.0 Å². The van der Waals surface area contributed by atoms with Gasteiger partial charge in [-0.05, 0) is 42.8 Å². The Bertz CT molecular complexity index is 773. The third-order valence-electron chi connectivity index (χ3n) is 4.02. The van der Waals surface area contributed by atoms with Gasteiger partial charge < -0.3 is 14.8 Å². The summed E-state index contributed by atoms with van der Waals surface area (Å²) in [7, 11) is 1.59. The first-order chi connectivity index (χ1) is 12.1. The van der Waals surface area contributed by atoms with Crippen molar-refractivity contribution in [3.05, 3.63) is 48.5 Å². The lowest BCUT2D eigenvalue weighted by Gasteiger charge is -2.31. The van der Waals surface area contributed by atoms with Crippen LogP contribution in [0.15, 0.2) is 48.5 Å². The summed E-state index contributed by atoms with van der Waals surface area (Å²) in [6.07, 6.45) is -0.183. The fourth-order valence-electron chi connectivity index (χ4n) is 2.73. The van der Waals surface area contributed by atoms with Crippen molar-refractivity contribution < 1.29 is 19.1 Å². The summed E-state index contributed by atoms with van der Waals surface area (Å²) in [6, 6.07) is 14.3. The highest BCUT2D eigenvalue weighted by atomic mass is 16.5. The number of carbonyl (C=O) groups excluding carboxylic acids is 2. The van der Waals surface area contributed by atoms with E-state index in [1.54, 1.807) is 37.4 Å². The molecule has 2 amide bonds. The number of nitrogens with one attached hydrogen (secondary N) is 1. The van der Waals surface area contributed by atoms with E-state index in [9.17, 15) is 9.59 Å². The van der Waals surface area contributed by atoms with Gasteiger partial charge in [-0.1, -0.05) is 19.1 Å². The molecule has 0 bridgehead atoms. The van der Waals surface area contributed by atoms with Gasteiger partial charge in [0.2, 0.25) is 5.91 Å². The number of hydrogen-bond donors (Lipinski definition) is 1. The van der Waals surface area contributed by atoms with Crippen LogP contribution in [0.5, 0.6) is 11.5 Å². The van der Waals surface area contributed by atoms with E-state index in [4.69, 9.17) is 9.47 Å². The lowest BCUT2D eigenvalue weighted by atomic mass is 10.1. The van der Waals surface area contributed by atoms with E-state index in [0.29, 0.717) is 29.3 Å². The first kappa shape index (κ1) is 16.8. The van der Waals surface area contributed by atoms with Crippen molar-refractivity contribution in [2.24, 2.45) is 0 Å². The summed E-state index contributed by atoms with van der Waals surface area (Å²) >= 11 is 0. The SMILES string of the molecule is CC[C@H](Oc1ccc(OC)cc1)C(=O)N1CC(=O)Nc2ccccc21. The molecule has 1 aliphatic heterocycles. The number of methoxy groups -OCH3 is 1. The Kier molecular flexibility index (Phi) is 4.88. The van der Waals surface area contributed by atoms with Crippen molar-refractivity contribution >= 4 is 23.2 Å². The minimum Gasteiger partial charge on any atom is -0.497 e. The molecule has 0 aromatic heterocycles. The largest absolute Gasteiger partial charge is 0.497 e. The van der Waals surface area contributed by atoms with Gasteiger partial charge in [0.05, 0.1) is 18.5 Å².